The first-order chi connectivity index (χ1) is 9.13. The van der Waals surface area contributed by atoms with E-state index in [-0.39, 0.29) is 0 Å². The summed E-state index contributed by atoms with van der Waals surface area (Å²) in [5.74, 6) is 2.23. The Kier molecular flexibility index (Phi) is 7.24. The van der Waals surface area contributed by atoms with Crippen molar-refractivity contribution in [3.63, 3.8) is 0 Å². The van der Waals surface area contributed by atoms with Gasteiger partial charge >= 0.3 is 0 Å². The van der Waals surface area contributed by atoms with Crippen LogP contribution in [0.25, 0.3) is 0 Å². The van der Waals surface area contributed by atoms with Crippen molar-refractivity contribution in [2.75, 3.05) is 30.5 Å². The second kappa shape index (κ2) is 8.43. The van der Waals surface area contributed by atoms with E-state index in [0.29, 0.717) is 6.04 Å². The van der Waals surface area contributed by atoms with Gasteiger partial charge in [0.1, 0.15) is 5.82 Å². The van der Waals surface area contributed by atoms with Gasteiger partial charge in [-0.3, -0.25) is 0 Å². The van der Waals surface area contributed by atoms with Gasteiger partial charge in [0.2, 0.25) is 0 Å². The zero-order valence-electron chi connectivity index (χ0n) is 12.9. The van der Waals surface area contributed by atoms with Crippen LogP contribution in [0.3, 0.4) is 0 Å². The van der Waals surface area contributed by atoms with E-state index in [9.17, 15) is 0 Å². The van der Waals surface area contributed by atoms with Gasteiger partial charge in [0.15, 0.2) is 0 Å². The highest BCUT2D eigenvalue weighted by atomic mass is 32.2. The van der Waals surface area contributed by atoms with Crippen molar-refractivity contribution >= 4 is 17.6 Å². The Balaban J connectivity index is 2.81. The molecule has 1 atom stereocenters. The zero-order chi connectivity index (χ0) is 14.3. The second-order valence-electron chi connectivity index (χ2n) is 4.82. The van der Waals surface area contributed by atoms with E-state index >= 15 is 0 Å². The summed E-state index contributed by atoms with van der Waals surface area (Å²) < 4.78 is 0. The summed E-state index contributed by atoms with van der Waals surface area (Å²) in [6, 6.07) is 4.90. The Morgan fingerprint density at radius 2 is 2.11 bits per heavy atom. The highest BCUT2D eigenvalue weighted by Gasteiger charge is 2.14. The fraction of sp³-hybridized carbons (Fsp3) is 0.667. The molecule has 4 heteroatoms. The van der Waals surface area contributed by atoms with E-state index in [4.69, 9.17) is 4.98 Å². The number of aromatic nitrogens is 1. The van der Waals surface area contributed by atoms with Crippen LogP contribution in [-0.2, 0) is 6.54 Å². The van der Waals surface area contributed by atoms with Crippen LogP contribution in [0.4, 0.5) is 5.82 Å². The van der Waals surface area contributed by atoms with Gasteiger partial charge in [-0.2, -0.15) is 11.8 Å². The predicted molar refractivity (Wildman–Crippen MR) is 87.2 cm³/mol. The SMILES string of the molecule is CCNCc1ccc(N(C)C(CC)CSC)nc1C. The zero-order valence-corrected chi connectivity index (χ0v) is 13.7. The van der Waals surface area contributed by atoms with Crippen molar-refractivity contribution in [2.45, 2.75) is 39.8 Å². The number of thioether (sulfide) groups is 1. The normalized spacial score (nSPS) is 12.5. The lowest BCUT2D eigenvalue weighted by atomic mass is 10.2. The van der Waals surface area contributed by atoms with Gasteiger partial charge in [-0.15, -0.1) is 0 Å². The fourth-order valence-corrected chi connectivity index (χ4v) is 2.95. The standard InChI is InChI=1S/C15H27N3S/c1-6-14(11-19-5)18(4)15-9-8-13(10-16-7-2)12(3)17-15/h8-9,14,16H,6-7,10-11H2,1-5H3. The summed E-state index contributed by atoms with van der Waals surface area (Å²) in [5.41, 5.74) is 2.42. The molecule has 0 aliphatic carbocycles. The van der Waals surface area contributed by atoms with Crippen LogP contribution in [0.2, 0.25) is 0 Å². The Morgan fingerprint density at radius 1 is 1.37 bits per heavy atom. The number of hydrogen-bond acceptors (Lipinski definition) is 4. The molecule has 1 aromatic heterocycles. The predicted octanol–water partition coefficient (Wildman–Crippen LogP) is 3.08. The number of anilines is 1. The summed E-state index contributed by atoms with van der Waals surface area (Å²) >= 11 is 1.90. The van der Waals surface area contributed by atoms with Crippen molar-refractivity contribution in [3.8, 4) is 0 Å². The number of hydrogen-bond donors (Lipinski definition) is 1. The van der Waals surface area contributed by atoms with Crippen LogP contribution in [0.5, 0.6) is 0 Å². The molecule has 1 rings (SSSR count). The van der Waals surface area contributed by atoms with E-state index in [1.54, 1.807) is 0 Å². The van der Waals surface area contributed by atoms with Crippen LogP contribution in [-0.4, -0.2) is 36.6 Å². The molecule has 0 saturated carbocycles. The van der Waals surface area contributed by atoms with Gasteiger partial charge < -0.3 is 10.2 Å². The van der Waals surface area contributed by atoms with E-state index < -0.39 is 0 Å². The molecule has 3 nitrogen and oxygen atoms in total. The molecule has 1 heterocycles. The van der Waals surface area contributed by atoms with Crippen LogP contribution >= 0.6 is 11.8 Å². The number of rotatable bonds is 8. The summed E-state index contributed by atoms with van der Waals surface area (Å²) in [6.45, 7) is 8.36. The first-order valence-corrected chi connectivity index (χ1v) is 8.42. The van der Waals surface area contributed by atoms with Gasteiger partial charge in [-0.1, -0.05) is 19.9 Å². The van der Waals surface area contributed by atoms with Gasteiger partial charge in [-0.05, 0) is 37.8 Å². The van der Waals surface area contributed by atoms with Crippen molar-refractivity contribution in [2.24, 2.45) is 0 Å². The molecule has 0 aromatic carbocycles. The summed E-state index contributed by atoms with van der Waals surface area (Å²) in [6.07, 6.45) is 3.31. The van der Waals surface area contributed by atoms with E-state index in [1.165, 1.54) is 5.56 Å². The third-order valence-electron chi connectivity index (χ3n) is 3.49. The molecular weight excluding hydrogens is 254 g/mol. The third kappa shape index (κ3) is 4.69. The first-order valence-electron chi connectivity index (χ1n) is 7.03. The molecular formula is C15H27N3S. The van der Waals surface area contributed by atoms with Crippen LogP contribution in [0.1, 0.15) is 31.5 Å². The quantitative estimate of drug-likeness (QED) is 0.792. The van der Waals surface area contributed by atoms with E-state index in [1.807, 2.05) is 11.8 Å². The topological polar surface area (TPSA) is 28.2 Å². The van der Waals surface area contributed by atoms with Crippen LogP contribution in [0.15, 0.2) is 12.1 Å². The number of nitrogens with zero attached hydrogens (tertiary/aromatic N) is 2. The highest BCUT2D eigenvalue weighted by molar-refractivity contribution is 7.98. The largest absolute Gasteiger partial charge is 0.356 e. The number of pyridine rings is 1. The Morgan fingerprint density at radius 3 is 2.63 bits per heavy atom. The summed E-state index contributed by atoms with van der Waals surface area (Å²) in [4.78, 5) is 7.06. The average molecular weight is 281 g/mol. The van der Waals surface area contributed by atoms with Crippen LogP contribution in [0, 0.1) is 6.92 Å². The molecule has 0 radical (unpaired) electrons. The second-order valence-corrected chi connectivity index (χ2v) is 5.73. The smallest absolute Gasteiger partial charge is 0.128 e. The molecule has 0 fully saturated rings. The molecule has 0 saturated heterocycles. The summed E-state index contributed by atoms with van der Waals surface area (Å²) in [5, 5.41) is 3.35. The Bertz CT molecular complexity index is 382. The third-order valence-corrected chi connectivity index (χ3v) is 4.20. The minimum atomic E-state index is 0.557. The molecule has 0 spiro atoms. The molecule has 1 N–H and O–H groups in total. The lowest BCUT2D eigenvalue weighted by Crippen LogP contribution is -2.34. The molecule has 1 unspecified atom stereocenters. The maximum atomic E-state index is 4.75. The molecule has 0 aliphatic rings. The minimum absolute atomic E-state index is 0.557. The van der Waals surface area contributed by atoms with E-state index in [2.05, 4.69) is 56.4 Å². The summed E-state index contributed by atoms with van der Waals surface area (Å²) in [7, 11) is 2.15. The Labute approximate surface area is 122 Å². The lowest BCUT2D eigenvalue weighted by molar-refractivity contribution is 0.663. The monoisotopic (exact) mass is 281 g/mol. The lowest BCUT2D eigenvalue weighted by Gasteiger charge is -2.28. The molecule has 0 aliphatic heterocycles. The van der Waals surface area contributed by atoms with Crippen molar-refractivity contribution in [3.05, 3.63) is 23.4 Å². The first kappa shape index (κ1) is 16.3. The Hall–Kier alpha value is -0.740. The van der Waals surface area contributed by atoms with Crippen molar-refractivity contribution < 1.29 is 0 Å². The number of nitrogens with one attached hydrogen (secondary N) is 1. The maximum absolute atomic E-state index is 4.75. The average Bonchev–Trinajstić information content (AvgIpc) is 2.42. The maximum Gasteiger partial charge on any atom is 0.128 e. The van der Waals surface area contributed by atoms with Crippen molar-refractivity contribution in [1.29, 1.82) is 0 Å². The molecule has 108 valence electrons. The molecule has 0 bridgehead atoms. The number of aryl methyl sites for hydroxylation is 1. The highest BCUT2D eigenvalue weighted by Crippen LogP contribution is 2.18. The van der Waals surface area contributed by atoms with Gasteiger partial charge in [-0.25, -0.2) is 4.98 Å². The minimum Gasteiger partial charge on any atom is -0.356 e. The van der Waals surface area contributed by atoms with E-state index in [0.717, 1.165) is 36.8 Å². The van der Waals surface area contributed by atoms with Gasteiger partial charge in [0.25, 0.3) is 0 Å². The molecule has 0 amide bonds. The van der Waals surface area contributed by atoms with Crippen LogP contribution < -0.4 is 10.2 Å². The molecule has 1 aromatic rings. The van der Waals surface area contributed by atoms with Crippen molar-refractivity contribution in [1.82, 2.24) is 10.3 Å². The van der Waals surface area contributed by atoms with Gasteiger partial charge in [0.05, 0.1) is 0 Å². The van der Waals surface area contributed by atoms with Gasteiger partial charge in [0, 0.05) is 31.1 Å². The fourth-order valence-electron chi connectivity index (χ4n) is 2.10. The molecule has 19 heavy (non-hydrogen) atoms.